The van der Waals surface area contributed by atoms with Crippen LogP contribution in [0, 0.1) is 5.41 Å². The highest BCUT2D eigenvalue weighted by Crippen LogP contribution is 2.47. The van der Waals surface area contributed by atoms with E-state index >= 15 is 0 Å². The summed E-state index contributed by atoms with van der Waals surface area (Å²) in [4.78, 5) is 36.4. The predicted molar refractivity (Wildman–Crippen MR) is 59.7 cm³/mol. The van der Waals surface area contributed by atoms with Gasteiger partial charge in [0.25, 0.3) is 0 Å². The highest BCUT2D eigenvalue weighted by Gasteiger charge is 2.59. The lowest BCUT2D eigenvalue weighted by atomic mass is 10.0. The number of morpholine rings is 1. The molecule has 18 heavy (non-hydrogen) atoms. The van der Waals surface area contributed by atoms with E-state index in [1.807, 2.05) is 0 Å². The van der Waals surface area contributed by atoms with Crippen molar-refractivity contribution < 1.29 is 24.2 Å². The van der Waals surface area contributed by atoms with Gasteiger partial charge in [0.15, 0.2) is 0 Å². The van der Waals surface area contributed by atoms with Crippen LogP contribution in [0.5, 0.6) is 0 Å². The maximum Gasteiger partial charge on any atom is 0.319 e. The van der Waals surface area contributed by atoms with Gasteiger partial charge < -0.3 is 20.1 Å². The molecule has 0 bridgehead atoms. The molecule has 7 heteroatoms. The number of hydrogen-bond donors (Lipinski definition) is 2. The van der Waals surface area contributed by atoms with Gasteiger partial charge in [0, 0.05) is 13.6 Å². The normalized spacial score (nSPS) is 25.4. The molecule has 1 saturated heterocycles. The first-order chi connectivity index (χ1) is 8.53. The Hall–Kier alpha value is -1.63. The lowest BCUT2D eigenvalue weighted by molar-refractivity contribution is -0.161. The Labute approximate surface area is 104 Å². The SMILES string of the molecule is CNC(=O)C1COCCN1C(=O)C1(C(=O)O)CC1. The first-order valence-electron chi connectivity index (χ1n) is 5.87. The molecule has 2 N–H and O–H groups in total. The third-order valence-electron chi connectivity index (χ3n) is 3.51. The molecule has 1 saturated carbocycles. The Kier molecular flexibility index (Phi) is 3.25. The van der Waals surface area contributed by atoms with Crippen molar-refractivity contribution in [2.24, 2.45) is 5.41 Å². The maximum absolute atomic E-state index is 12.3. The van der Waals surface area contributed by atoms with E-state index in [4.69, 9.17) is 9.84 Å². The number of aliphatic carboxylic acids is 1. The van der Waals surface area contributed by atoms with E-state index in [1.54, 1.807) is 0 Å². The highest BCUT2D eigenvalue weighted by molar-refractivity contribution is 6.06. The molecule has 7 nitrogen and oxygen atoms in total. The average Bonchev–Trinajstić information content (AvgIpc) is 3.18. The van der Waals surface area contributed by atoms with Crippen LogP contribution in [0.3, 0.4) is 0 Å². The summed E-state index contributed by atoms with van der Waals surface area (Å²) in [6, 6.07) is -0.729. The van der Waals surface area contributed by atoms with Gasteiger partial charge in [0.1, 0.15) is 11.5 Å². The fourth-order valence-corrected chi connectivity index (χ4v) is 2.15. The molecule has 100 valence electrons. The monoisotopic (exact) mass is 256 g/mol. The number of nitrogens with one attached hydrogen (secondary N) is 1. The van der Waals surface area contributed by atoms with Crippen LogP contribution in [0.2, 0.25) is 0 Å². The van der Waals surface area contributed by atoms with Gasteiger partial charge in [-0.2, -0.15) is 0 Å². The number of carboxylic acid groups (broad SMARTS) is 1. The minimum atomic E-state index is -1.30. The van der Waals surface area contributed by atoms with Crippen molar-refractivity contribution in [1.82, 2.24) is 10.2 Å². The van der Waals surface area contributed by atoms with Crippen LogP contribution in [-0.2, 0) is 19.1 Å². The van der Waals surface area contributed by atoms with Gasteiger partial charge in [0.05, 0.1) is 13.2 Å². The second-order valence-corrected chi connectivity index (χ2v) is 4.59. The summed E-state index contributed by atoms with van der Waals surface area (Å²) in [7, 11) is 1.48. The van der Waals surface area contributed by atoms with Crippen molar-refractivity contribution in [2.75, 3.05) is 26.8 Å². The first-order valence-corrected chi connectivity index (χ1v) is 5.87. The summed E-state index contributed by atoms with van der Waals surface area (Å²) in [5.74, 6) is -1.90. The van der Waals surface area contributed by atoms with Crippen molar-refractivity contribution in [3.8, 4) is 0 Å². The number of hydrogen-bond acceptors (Lipinski definition) is 4. The van der Waals surface area contributed by atoms with E-state index in [1.165, 1.54) is 11.9 Å². The minimum absolute atomic E-state index is 0.112. The van der Waals surface area contributed by atoms with E-state index in [0.29, 0.717) is 19.4 Å². The quantitative estimate of drug-likeness (QED) is 0.620. The Morgan fingerprint density at radius 1 is 1.39 bits per heavy atom. The lowest BCUT2D eigenvalue weighted by Gasteiger charge is -2.35. The van der Waals surface area contributed by atoms with E-state index < -0.39 is 23.3 Å². The Morgan fingerprint density at radius 2 is 2.06 bits per heavy atom. The van der Waals surface area contributed by atoms with E-state index in [0.717, 1.165) is 0 Å². The third-order valence-corrected chi connectivity index (χ3v) is 3.51. The second kappa shape index (κ2) is 4.56. The van der Waals surface area contributed by atoms with Gasteiger partial charge >= 0.3 is 5.97 Å². The Bertz CT molecular complexity index is 391. The zero-order chi connectivity index (χ0) is 13.3. The van der Waals surface area contributed by atoms with Gasteiger partial charge in [-0.1, -0.05) is 0 Å². The fraction of sp³-hybridized carbons (Fsp3) is 0.727. The molecule has 1 heterocycles. The Morgan fingerprint density at radius 3 is 2.56 bits per heavy atom. The standard InChI is InChI=1S/C11H16N2O5/c1-12-8(14)7-6-18-5-4-13(7)9(15)11(2-3-11)10(16)17/h7H,2-6H2,1H3,(H,12,14)(H,16,17). The van der Waals surface area contributed by atoms with Crippen LogP contribution in [0.4, 0.5) is 0 Å². The molecule has 0 spiro atoms. The van der Waals surface area contributed by atoms with Crippen molar-refractivity contribution in [3.05, 3.63) is 0 Å². The third kappa shape index (κ3) is 1.94. The number of carbonyl (C=O) groups excluding carboxylic acids is 2. The molecule has 1 unspecified atom stereocenters. The molecule has 2 fully saturated rings. The predicted octanol–water partition coefficient (Wildman–Crippen LogP) is -1.18. The zero-order valence-corrected chi connectivity index (χ0v) is 10.1. The van der Waals surface area contributed by atoms with Crippen molar-refractivity contribution >= 4 is 17.8 Å². The number of amides is 2. The fourth-order valence-electron chi connectivity index (χ4n) is 2.15. The number of carboxylic acids is 1. The summed E-state index contributed by atoms with van der Waals surface area (Å²) >= 11 is 0. The summed E-state index contributed by atoms with van der Waals surface area (Å²) in [6.45, 7) is 0.696. The van der Waals surface area contributed by atoms with Crippen LogP contribution < -0.4 is 5.32 Å². The van der Waals surface area contributed by atoms with Gasteiger partial charge in [-0.25, -0.2) is 0 Å². The van der Waals surface area contributed by atoms with Crippen LogP contribution >= 0.6 is 0 Å². The molecule has 1 aliphatic carbocycles. The lowest BCUT2D eigenvalue weighted by Crippen LogP contribution is -2.57. The zero-order valence-electron chi connectivity index (χ0n) is 10.1. The molecule has 0 aromatic carbocycles. The van der Waals surface area contributed by atoms with E-state index in [9.17, 15) is 14.4 Å². The van der Waals surface area contributed by atoms with Crippen molar-refractivity contribution in [1.29, 1.82) is 0 Å². The topological polar surface area (TPSA) is 95.9 Å². The summed E-state index contributed by atoms with van der Waals surface area (Å²) in [5.41, 5.74) is -1.30. The molecule has 2 aliphatic rings. The van der Waals surface area contributed by atoms with Gasteiger partial charge in [-0.15, -0.1) is 0 Å². The van der Waals surface area contributed by atoms with E-state index in [2.05, 4.69) is 5.32 Å². The number of carbonyl (C=O) groups is 3. The highest BCUT2D eigenvalue weighted by atomic mass is 16.5. The number of likely N-dealkylation sites (N-methyl/N-ethyl adjacent to an activating group) is 1. The summed E-state index contributed by atoms with van der Waals surface area (Å²) in [6.07, 6.45) is 0.692. The van der Waals surface area contributed by atoms with Gasteiger partial charge in [-0.3, -0.25) is 14.4 Å². The maximum atomic E-state index is 12.3. The molecular weight excluding hydrogens is 240 g/mol. The van der Waals surface area contributed by atoms with Gasteiger partial charge in [0.2, 0.25) is 11.8 Å². The molecule has 2 rings (SSSR count). The van der Waals surface area contributed by atoms with Crippen LogP contribution in [0.25, 0.3) is 0 Å². The number of ether oxygens (including phenoxy) is 1. The van der Waals surface area contributed by atoms with Crippen LogP contribution in [-0.4, -0.2) is 60.6 Å². The molecule has 1 aliphatic heterocycles. The molecule has 2 amide bonds. The van der Waals surface area contributed by atoms with Crippen LogP contribution in [0.1, 0.15) is 12.8 Å². The molecule has 0 aromatic rings. The molecule has 0 aromatic heterocycles. The first kappa shape index (κ1) is 12.8. The minimum Gasteiger partial charge on any atom is -0.480 e. The van der Waals surface area contributed by atoms with Gasteiger partial charge in [-0.05, 0) is 12.8 Å². The summed E-state index contributed by atoms with van der Waals surface area (Å²) < 4.78 is 5.18. The average molecular weight is 256 g/mol. The number of rotatable bonds is 3. The second-order valence-electron chi connectivity index (χ2n) is 4.59. The Balaban J connectivity index is 2.17. The van der Waals surface area contributed by atoms with E-state index in [-0.39, 0.29) is 19.1 Å². The van der Waals surface area contributed by atoms with Crippen molar-refractivity contribution in [3.63, 3.8) is 0 Å². The smallest absolute Gasteiger partial charge is 0.319 e. The molecule has 0 radical (unpaired) electrons. The molecule has 1 atom stereocenters. The van der Waals surface area contributed by atoms with Crippen molar-refractivity contribution in [2.45, 2.75) is 18.9 Å². The largest absolute Gasteiger partial charge is 0.480 e. The summed E-state index contributed by atoms with van der Waals surface area (Å²) in [5, 5.41) is 11.6. The van der Waals surface area contributed by atoms with Crippen LogP contribution in [0.15, 0.2) is 0 Å². The molecular formula is C11H16N2O5. The number of nitrogens with zero attached hydrogens (tertiary/aromatic N) is 1.